The fourth-order valence-corrected chi connectivity index (χ4v) is 2.70. The summed E-state index contributed by atoms with van der Waals surface area (Å²) in [6.07, 6.45) is 1.35. The Hall–Kier alpha value is -2.13. The highest BCUT2D eigenvalue weighted by molar-refractivity contribution is 9.11. The van der Waals surface area contributed by atoms with Crippen molar-refractivity contribution in [2.24, 2.45) is 5.10 Å². The van der Waals surface area contributed by atoms with Crippen LogP contribution in [0, 0.1) is 10.1 Å². The average molecular weight is 431 g/mol. The van der Waals surface area contributed by atoms with E-state index in [1.807, 2.05) is 0 Å². The van der Waals surface area contributed by atoms with Gasteiger partial charge in [0.15, 0.2) is 0 Å². The summed E-state index contributed by atoms with van der Waals surface area (Å²) in [5.74, 6) is -0.270. The minimum absolute atomic E-state index is 0.0152. The van der Waals surface area contributed by atoms with Crippen LogP contribution in [0.15, 0.2) is 44.4 Å². The number of phenols is 2. The summed E-state index contributed by atoms with van der Waals surface area (Å²) < 4.78 is 0.549. The number of nitrogens with one attached hydrogen (secondary N) is 1. The number of non-ortho nitro benzene ring substituents is 1. The summed E-state index contributed by atoms with van der Waals surface area (Å²) in [6, 6.07) is 7.22. The summed E-state index contributed by atoms with van der Waals surface area (Å²) in [5.41, 5.74) is 3.59. The molecule has 0 spiro atoms. The number of nitrogens with zero attached hydrogens (tertiary/aromatic N) is 2. The molecule has 0 radical (unpaired) electrons. The van der Waals surface area contributed by atoms with Gasteiger partial charge in [-0.1, -0.05) is 0 Å². The lowest BCUT2D eigenvalue weighted by Crippen LogP contribution is -1.93. The molecule has 0 unspecified atom stereocenters. The molecule has 0 heterocycles. The number of phenolic OH excluding ortho intramolecular Hbond substituents is 2. The lowest BCUT2D eigenvalue weighted by atomic mass is 10.2. The van der Waals surface area contributed by atoms with Gasteiger partial charge in [0.05, 0.1) is 21.3 Å². The second kappa shape index (κ2) is 6.75. The third kappa shape index (κ3) is 3.55. The predicted octanol–water partition coefficient (Wildman–Crippen LogP) is 3.98. The summed E-state index contributed by atoms with van der Waals surface area (Å²) in [4.78, 5) is 10.0. The van der Waals surface area contributed by atoms with Crippen LogP contribution in [0.2, 0.25) is 0 Å². The van der Waals surface area contributed by atoms with Crippen molar-refractivity contribution in [1.82, 2.24) is 0 Å². The van der Waals surface area contributed by atoms with Crippen molar-refractivity contribution < 1.29 is 15.1 Å². The smallest absolute Gasteiger partial charge is 0.269 e. The van der Waals surface area contributed by atoms with Crippen molar-refractivity contribution in [3.8, 4) is 11.5 Å². The van der Waals surface area contributed by atoms with Gasteiger partial charge in [-0.3, -0.25) is 15.5 Å². The number of nitro benzene ring substituents is 1. The number of hydrogen-bond acceptors (Lipinski definition) is 6. The Labute approximate surface area is 141 Å². The highest BCUT2D eigenvalue weighted by Gasteiger charge is 2.12. The van der Waals surface area contributed by atoms with Crippen LogP contribution in [0.1, 0.15) is 5.56 Å². The Morgan fingerprint density at radius 1 is 1.18 bits per heavy atom. The van der Waals surface area contributed by atoms with E-state index in [0.717, 1.165) is 0 Å². The average Bonchev–Trinajstić information content (AvgIpc) is 2.50. The van der Waals surface area contributed by atoms with Gasteiger partial charge in [0.2, 0.25) is 0 Å². The van der Waals surface area contributed by atoms with Crippen molar-refractivity contribution in [3.05, 3.63) is 55.0 Å². The van der Waals surface area contributed by atoms with E-state index in [1.54, 1.807) is 0 Å². The molecule has 0 saturated heterocycles. The van der Waals surface area contributed by atoms with Gasteiger partial charge in [0.25, 0.3) is 5.69 Å². The van der Waals surface area contributed by atoms with Crippen molar-refractivity contribution in [2.45, 2.75) is 0 Å². The van der Waals surface area contributed by atoms with Gasteiger partial charge < -0.3 is 10.2 Å². The van der Waals surface area contributed by atoms with Crippen LogP contribution in [0.3, 0.4) is 0 Å². The van der Waals surface area contributed by atoms with Crippen LogP contribution in [0.4, 0.5) is 11.4 Å². The number of hydrazone groups is 1. The van der Waals surface area contributed by atoms with Crippen molar-refractivity contribution >= 4 is 49.4 Å². The highest BCUT2D eigenvalue weighted by Crippen LogP contribution is 2.40. The van der Waals surface area contributed by atoms with Gasteiger partial charge in [-0.05, 0) is 50.1 Å². The molecule has 7 nitrogen and oxygen atoms in total. The molecule has 9 heteroatoms. The Balaban J connectivity index is 2.14. The maximum absolute atomic E-state index is 10.5. The number of halogens is 2. The molecule has 2 rings (SSSR count). The van der Waals surface area contributed by atoms with Gasteiger partial charge in [0.1, 0.15) is 16.0 Å². The van der Waals surface area contributed by atoms with Crippen LogP contribution in [0.25, 0.3) is 0 Å². The molecule has 2 aromatic rings. The van der Waals surface area contributed by atoms with E-state index in [0.29, 0.717) is 15.7 Å². The topological polar surface area (TPSA) is 108 Å². The second-order valence-electron chi connectivity index (χ2n) is 4.13. The first-order chi connectivity index (χ1) is 10.4. The number of benzene rings is 2. The fraction of sp³-hybridized carbons (Fsp3) is 0. The molecule has 0 aromatic heterocycles. The van der Waals surface area contributed by atoms with Gasteiger partial charge in [-0.2, -0.15) is 5.10 Å². The van der Waals surface area contributed by atoms with Crippen LogP contribution in [-0.2, 0) is 0 Å². The van der Waals surface area contributed by atoms with E-state index in [1.165, 1.54) is 36.5 Å². The van der Waals surface area contributed by atoms with Crippen molar-refractivity contribution in [1.29, 1.82) is 0 Å². The van der Waals surface area contributed by atoms with Gasteiger partial charge in [0, 0.05) is 17.7 Å². The lowest BCUT2D eigenvalue weighted by Gasteiger charge is -2.06. The maximum Gasteiger partial charge on any atom is 0.269 e. The van der Waals surface area contributed by atoms with Gasteiger partial charge in [-0.15, -0.1) is 0 Å². The third-order valence-corrected chi connectivity index (χ3v) is 4.03. The quantitative estimate of drug-likeness (QED) is 0.386. The molecular formula is C13H9Br2N3O4. The van der Waals surface area contributed by atoms with Crippen LogP contribution >= 0.6 is 31.9 Å². The normalized spacial score (nSPS) is 10.8. The summed E-state index contributed by atoms with van der Waals surface area (Å²) in [5, 5.41) is 34.0. The first-order valence-electron chi connectivity index (χ1n) is 5.83. The van der Waals surface area contributed by atoms with Crippen LogP contribution in [-0.4, -0.2) is 21.4 Å². The standard InChI is InChI=1S/C13H9Br2N3O4/c14-10-5-7(12(19)11(15)13(10)20)6-16-17-8-1-3-9(4-2-8)18(21)22/h1-6,17,19-20H/b16-6+. The number of aromatic hydroxyl groups is 2. The first kappa shape index (κ1) is 16.2. The van der Waals surface area contributed by atoms with Crippen molar-refractivity contribution in [3.63, 3.8) is 0 Å². The number of rotatable bonds is 4. The lowest BCUT2D eigenvalue weighted by molar-refractivity contribution is -0.384. The minimum Gasteiger partial charge on any atom is -0.506 e. The first-order valence-corrected chi connectivity index (χ1v) is 7.42. The zero-order valence-electron chi connectivity index (χ0n) is 10.8. The highest BCUT2D eigenvalue weighted by atomic mass is 79.9. The van der Waals surface area contributed by atoms with Gasteiger partial charge >= 0.3 is 0 Å². The zero-order valence-corrected chi connectivity index (χ0v) is 14.0. The molecule has 0 saturated carbocycles. The Morgan fingerprint density at radius 3 is 2.41 bits per heavy atom. The molecule has 0 bridgehead atoms. The molecule has 0 fully saturated rings. The molecule has 0 amide bonds. The van der Waals surface area contributed by atoms with E-state index >= 15 is 0 Å². The third-order valence-electron chi connectivity index (χ3n) is 2.67. The second-order valence-corrected chi connectivity index (χ2v) is 5.78. The number of nitro groups is 1. The largest absolute Gasteiger partial charge is 0.506 e. The minimum atomic E-state index is -0.490. The SMILES string of the molecule is O=[N+]([O-])c1ccc(N/N=C/c2cc(Br)c(O)c(Br)c2O)cc1. The van der Waals surface area contributed by atoms with Gasteiger partial charge in [-0.25, -0.2) is 0 Å². The molecular weight excluding hydrogens is 422 g/mol. The van der Waals surface area contributed by atoms with E-state index in [4.69, 9.17) is 0 Å². The van der Waals surface area contributed by atoms with E-state index in [9.17, 15) is 20.3 Å². The number of hydrogen-bond donors (Lipinski definition) is 3. The van der Waals surface area contributed by atoms with E-state index in [2.05, 4.69) is 42.4 Å². The Kier molecular flexibility index (Phi) is 4.99. The van der Waals surface area contributed by atoms with Crippen molar-refractivity contribution in [2.75, 3.05) is 5.43 Å². The zero-order chi connectivity index (χ0) is 16.3. The molecule has 3 N–H and O–H groups in total. The monoisotopic (exact) mass is 429 g/mol. The molecule has 0 aliphatic heterocycles. The molecule has 0 atom stereocenters. The maximum atomic E-state index is 10.5. The molecule has 0 aliphatic rings. The van der Waals surface area contributed by atoms with E-state index in [-0.39, 0.29) is 21.7 Å². The van der Waals surface area contributed by atoms with E-state index < -0.39 is 4.92 Å². The summed E-state index contributed by atoms with van der Waals surface area (Å²) in [7, 11) is 0. The van der Waals surface area contributed by atoms with Crippen LogP contribution < -0.4 is 5.43 Å². The summed E-state index contributed by atoms with van der Waals surface area (Å²) in [6.45, 7) is 0. The molecule has 2 aromatic carbocycles. The predicted molar refractivity (Wildman–Crippen MR) is 89.5 cm³/mol. The number of anilines is 1. The fourth-order valence-electron chi connectivity index (χ4n) is 1.55. The summed E-state index contributed by atoms with van der Waals surface area (Å²) >= 11 is 6.22. The Morgan fingerprint density at radius 2 is 1.82 bits per heavy atom. The molecule has 0 aliphatic carbocycles. The molecule has 114 valence electrons. The van der Waals surface area contributed by atoms with Crippen LogP contribution in [0.5, 0.6) is 11.5 Å². The Bertz CT molecular complexity index is 748. The molecule has 22 heavy (non-hydrogen) atoms.